The Bertz CT molecular complexity index is 1170. The molecule has 1 aliphatic carbocycles. The first-order valence-corrected chi connectivity index (χ1v) is 13.9. The fourth-order valence-electron chi connectivity index (χ4n) is 4.45. The van der Waals surface area contributed by atoms with Crippen molar-refractivity contribution < 1.29 is 35.9 Å². The third-order valence-electron chi connectivity index (χ3n) is 6.18. The van der Waals surface area contributed by atoms with E-state index in [1.165, 1.54) is 17.1 Å². The second-order valence-electron chi connectivity index (χ2n) is 8.87. The van der Waals surface area contributed by atoms with Crippen molar-refractivity contribution in [2.75, 3.05) is 25.9 Å². The number of alkyl halides is 4. The summed E-state index contributed by atoms with van der Waals surface area (Å²) in [5.74, 6) is -1.12. The van der Waals surface area contributed by atoms with Gasteiger partial charge in [-0.05, 0) is 30.9 Å². The van der Waals surface area contributed by atoms with Crippen molar-refractivity contribution in [2.45, 2.75) is 50.1 Å². The SMILES string of the molecule is CCN(CC(=O)N1CCCCC1C(=O)NC1=CC=C(c2ccccc2)C(Cl)(OC(F)(F)F)C1)S(C)(=O)=O. The molecule has 1 saturated heterocycles. The maximum atomic E-state index is 13.3. The number of sulfonamides is 1. The van der Waals surface area contributed by atoms with E-state index in [1.807, 2.05) is 0 Å². The van der Waals surface area contributed by atoms with Gasteiger partial charge in [-0.25, -0.2) is 8.42 Å². The molecule has 2 unspecified atom stereocenters. The van der Waals surface area contributed by atoms with Crippen molar-refractivity contribution in [3.63, 3.8) is 0 Å². The van der Waals surface area contributed by atoms with Gasteiger partial charge in [-0.2, -0.15) is 4.31 Å². The molecule has 0 spiro atoms. The number of amides is 2. The monoisotopic (exact) mass is 563 g/mol. The molecule has 1 fully saturated rings. The third-order valence-corrected chi connectivity index (χ3v) is 7.92. The van der Waals surface area contributed by atoms with E-state index in [1.54, 1.807) is 37.3 Å². The molecule has 13 heteroatoms. The molecule has 1 heterocycles. The van der Waals surface area contributed by atoms with E-state index in [-0.39, 0.29) is 24.4 Å². The minimum atomic E-state index is -5.04. The number of ether oxygens (including phenoxy) is 1. The van der Waals surface area contributed by atoms with Gasteiger partial charge in [-0.15, -0.1) is 13.2 Å². The fourth-order valence-corrected chi connectivity index (χ4v) is 5.66. The van der Waals surface area contributed by atoms with E-state index < -0.39 is 52.3 Å². The maximum Gasteiger partial charge on any atom is 0.524 e. The van der Waals surface area contributed by atoms with Crippen molar-refractivity contribution in [3.8, 4) is 0 Å². The molecule has 1 N–H and O–H groups in total. The minimum absolute atomic E-state index is 0.0833. The average Bonchev–Trinajstić information content (AvgIpc) is 2.80. The Morgan fingerprint density at radius 1 is 1.22 bits per heavy atom. The van der Waals surface area contributed by atoms with Gasteiger partial charge in [0.1, 0.15) is 6.04 Å². The number of carbonyl (C=O) groups is 2. The molecular weight excluding hydrogens is 535 g/mol. The number of benzene rings is 1. The number of piperidine rings is 1. The highest BCUT2D eigenvalue weighted by atomic mass is 35.5. The minimum Gasteiger partial charge on any atom is -0.330 e. The van der Waals surface area contributed by atoms with Gasteiger partial charge < -0.3 is 10.2 Å². The van der Waals surface area contributed by atoms with Crippen molar-refractivity contribution >= 4 is 39.0 Å². The van der Waals surface area contributed by atoms with Crippen molar-refractivity contribution in [1.82, 2.24) is 14.5 Å². The number of nitrogens with zero attached hydrogens (tertiary/aromatic N) is 2. The normalized spacial score (nSPS) is 22.9. The smallest absolute Gasteiger partial charge is 0.330 e. The van der Waals surface area contributed by atoms with E-state index in [4.69, 9.17) is 11.6 Å². The lowest BCUT2D eigenvalue weighted by Gasteiger charge is -2.37. The molecule has 2 atom stereocenters. The van der Waals surface area contributed by atoms with Crippen LogP contribution in [0.5, 0.6) is 0 Å². The summed E-state index contributed by atoms with van der Waals surface area (Å²) in [6.45, 7) is 1.54. The first kappa shape index (κ1) is 29.2. The predicted molar refractivity (Wildman–Crippen MR) is 132 cm³/mol. The summed E-state index contributed by atoms with van der Waals surface area (Å²) in [4.78, 5) is 27.4. The van der Waals surface area contributed by atoms with E-state index in [9.17, 15) is 31.2 Å². The lowest BCUT2D eigenvalue weighted by atomic mass is 9.92. The molecule has 3 rings (SSSR count). The Kier molecular flexibility index (Phi) is 9.10. The number of halogens is 4. The van der Waals surface area contributed by atoms with Gasteiger partial charge in [0.15, 0.2) is 5.06 Å². The standard InChI is InChI=1S/C24H29ClF3N3O5S/c1-3-30(37(2,34)35)16-21(32)31-14-8-7-11-20(31)22(33)29-18-12-13-19(17-9-5-4-6-10-17)23(25,15-18)36-24(26,27)28/h4-6,9-10,12-13,20H,3,7-8,11,14-16H2,1-2H3,(H,29,33). The molecular formula is C24H29ClF3N3O5S. The van der Waals surface area contributed by atoms with Crippen LogP contribution in [0.25, 0.3) is 5.57 Å². The molecule has 204 valence electrons. The third kappa shape index (κ3) is 7.56. The summed E-state index contributed by atoms with van der Waals surface area (Å²) >= 11 is 6.39. The van der Waals surface area contributed by atoms with Crippen molar-refractivity contribution in [3.05, 3.63) is 53.7 Å². The lowest BCUT2D eigenvalue weighted by molar-refractivity contribution is -0.342. The lowest BCUT2D eigenvalue weighted by Crippen LogP contribution is -2.54. The van der Waals surface area contributed by atoms with Crippen molar-refractivity contribution in [2.24, 2.45) is 0 Å². The van der Waals surface area contributed by atoms with Gasteiger partial charge in [0.25, 0.3) is 0 Å². The highest BCUT2D eigenvalue weighted by molar-refractivity contribution is 7.88. The second-order valence-corrected chi connectivity index (χ2v) is 11.5. The van der Waals surface area contributed by atoms with Crippen LogP contribution in [-0.4, -0.2) is 72.8 Å². The highest BCUT2D eigenvalue weighted by Crippen LogP contribution is 2.45. The Hall–Kier alpha value is -2.41. The molecule has 37 heavy (non-hydrogen) atoms. The highest BCUT2D eigenvalue weighted by Gasteiger charge is 2.47. The summed E-state index contributed by atoms with van der Waals surface area (Å²) in [6, 6.07) is 7.30. The first-order valence-electron chi connectivity index (χ1n) is 11.7. The Labute approximate surface area is 219 Å². The Balaban J connectivity index is 1.81. The van der Waals surface area contributed by atoms with Gasteiger partial charge in [0, 0.05) is 30.8 Å². The molecule has 1 aromatic rings. The number of nitrogens with one attached hydrogen (secondary N) is 1. The number of hydrogen-bond donors (Lipinski definition) is 1. The van der Waals surface area contributed by atoms with Gasteiger partial charge >= 0.3 is 6.36 Å². The number of rotatable bonds is 8. The molecule has 8 nitrogen and oxygen atoms in total. The number of likely N-dealkylation sites (tertiary alicyclic amines) is 1. The van der Waals surface area contributed by atoms with Gasteiger partial charge in [0.2, 0.25) is 21.8 Å². The molecule has 0 aromatic heterocycles. The molecule has 2 amide bonds. The van der Waals surface area contributed by atoms with Gasteiger partial charge in [0.05, 0.1) is 12.8 Å². The topological polar surface area (TPSA) is 96.0 Å². The zero-order valence-corrected chi connectivity index (χ0v) is 22.0. The quantitative estimate of drug-likeness (QED) is 0.488. The summed E-state index contributed by atoms with van der Waals surface area (Å²) < 4.78 is 69.0. The van der Waals surface area contributed by atoms with Crippen LogP contribution in [0.4, 0.5) is 13.2 Å². The molecule has 1 aliphatic heterocycles. The zero-order valence-electron chi connectivity index (χ0n) is 20.4. The van der Waals surface area contributed by atoms with Crippen LogP contribution < -0.4 is 5.32 Å². The second kappa shape index (κ2) is 11.5. The average molecular weight is 564 g/mol. The summed E-state index contributed by atoms with van der Waals surface area (Å²) in [6.07, 6.45) is -0.0984. The van der Waals surface area contributed by atoms with Crippen LogP contribution in [0.1, 0.15) is 38.2 Å². The number of allylic oxidation sites excluding steroid dienone is 2. The molecule has 2 aliphatic rings. The zero-order chi connectivity index (χ0) is 27.4. The predicted octanol–water partition coefficient (Wildman–Crippen LogP) is 3.61. The van der Waals surface area contributed by atoms with E-state index in [0.29, 0.717) is 24.8 Å². The molecule has 0 saturated carbocycles. The van der Waals surface area contributed by atoms with Crippen LogP contribution in [0.3, 0.4) is 0 Å². The van der Waals surface area contributed by atoms with E-state index in [2.05, 4.69) is 10.1 Å². The molecule has 0 bridgehead atoms. The molecule has 1 aromatic carbocycles. The Morgan fingerprint density at radius 3 is 2.49 bits per heavy atom. The Morgan fingerprint density at radius 2 is 1.89 bits per heavy atom. The van der Waals surface area contributed by atoms with E-state index >= 15 is 0 Å². The van der Waals surface area contributed by atoms with E-state index in [0.717, 1.165) is 10.6 Å². The number of hydrogen-bond acceptors (Lipinski definition) is 5. The van der Waals surface area contributed by atoms with Crippen molar-refractivity contribution in [1.29, 1.82) is 0 Å². The first-order chi connectivity index (χ1) is 17.2. The number of likely N-dealkylation sites (N-methyl/N-ethyl adjacent to an activating group) is 1. The number of carbonyl (C=O) groups excluding carboxylic acids is 2. The summed E-state index contributed by atoms with van der Waals surface area (Å²) in [7, 11) is -3.62. The summed E-state index contributed by atoms with van der Waals surface area (Å²) in [5.41, 5.74) is 0.604. The summed E-state index contributed by atoms with van der Waals surface area (Å²) in [5, 5.41) is 0.281. The largest absolute Gasteiger partial charge is 0.524 e. The van der Waals surface area contributed by atoms with Crippen LogP contribution in [0.15, 0.2) is 48.2 Å². The molecule has 0 radical (unpaired) electrons. The van der Waals surface area contributed by atoms with Crippen LogP contribution >= 0.6 is 11.6 Å². The van der Waals surface area contributed by atoms with Gasteiger partial charge in [-0.1, -0.05) is 54.9 Å². The van der Waals surface area contributed by atoms with Gasteiger partial charge in [-0.3, -0.25) is 14.3 Å². The maximum absolute atomic E-state index is 13.3. The van der Waals surface area contributed by atoms with Crippen LogP contribution in [-0.2, 0) is 24.3 Å². The van der Waals surface area contributed by atoms with Crippen LogP contribution in [0, 0.1) is 0 Å². The van der Waals surface area contributed by atoms with Crippen LogP contribution in [0.2, 0.25) is 0 Å². The fraction of sp³-hybridized carbons (Fsp3) is 0.500.